The molecule has 0 aromatic heterocycles. The molecule has 1 saturated heterocycles. The van der Waals surface area contributed by atoms with Gasteiger partial charge in [-0.25, -0.2) is 0 Å². The van der Waals surface area contributed by atoms with E-state index in [0.717, 1.165) is 31.5 Å². The molecule has 2 N–H and O–H groups in total. The predicted octanol–water partition coefficient (Wildman–Crippen LogP) is 4.07. The SMILES string of the molecule is C=C/C(N)=C(\C=C/C)CN1CCCC1C(C)=O.CC.CC. The highest BCUT2D eigenvalue weighted by Crippen LogP contribution is 2.20. The normalized spacial score (nSPS) is 19.0. The Morgan fingerprint density at radius 2 is 1.90 bits per heavy atom. The highest BCUT2D eigenvalue weighted by molar-refractivity contribution is 5.81. The van der Waals surface area contributed by atoms with Crippen molar-refractivity contribution in [1.29, 1.82) is 0 Å². The molecule has 0 amide bonds. The van der Waals surface area contributed by atoms with Crippen LogP contribution in [0.1, 0.15) is 54.4 Å². The Balaban J connectivity index is 0. The van der Waals surface area contributed by atoms with Gasteiger partial charge in [-0.3, -0.25) is 9.69 Å². The van der Waals surface area contributed by atoms with E-state index in [0.29, 0.717) is 5.70 Å². The van der Waals surface area contributed by atoms with Crippen LogP contribution in [0, 0.1) is 0 Å². The van der Waals surface area contributed by atoms with Crippen molar-refractivity contribution in [1.82, 2.24) is 4.90 Å². The maximum atomic E-state index is 11.5. The molecule has 0 aromatic rings. The number of nitrogens with two attached hydrogens (primary N) is 1. The van der Waals surface area contributed by atoms with Gasteiger partial charge in [0.15, 0.2) is 0 Å². The zero-order chi connectivity index (χ0) is 16.8. The zero-order valence-electron chi connectivity index (χ0n) is 14.8. The van der Waals surface area contributed by atoms with Crippen molar-refractivity contribution >= 4 is 5.78 Å². The van der Waals surface area contributed by atoms with E-state index in [1.807, 2.05) is 46.8 Å². The fraction of sp³-hybridized carbons (Fsp3) is 0.611. The summed E-state index contributed by atoms with van der Waals surface area (Å²) in [6.45, 7) is 17.0. The molecule has 0 spiro atoms. The van der Waals surface area contributed by atoms with Gasteiger partial charge in [-0.15, -0.1) is 0 Å². The second-order valence-electron chi connectivity index (χ2n) is 4.42. The Bertz CT molecular complexity index is 356. The standard InChI is InChI=1S/C14H22N2O.2C2H6/c1-4-7-12(13(15)5-2)10-16-9-6-8-14(16)11(3)17;2*1-2/h4-5,7,14H,2,6,8-10,15H2,1,3H3;2*1-2H3/b7-4-,13-12-;;. The molecule has 1 aliphatic rings. The number of hydrogen-bond acceptors (Lipinski definition) is 3. The van der Waals surface area contributed by atoms with Gasteiger partial charge in [-0.1, -0.05) is 46.4 Å². The molecule has 0 aromatic carbocycles. The Morgan fingerprint density at radius 1 is 1.33 bits per heavy atom. The Hall–Kier alpha value is -1.35. The third-order valence-corrected chi connectivity index (χ3v) is 3.16. The first-order valence-electron chi connectivity index (χ1n) is 8.08. The molecule has 3 nitrogen and oxygen atoms in total. The van der Waals surface area contributed by atoms with Gasteiger partial charge in [0.2, 0.25) is 0 Å². The second kappa shape index (κ2) is 13.6. The van der Waals surface area contributed by atoms with Crippen LogP contribution in [0.3, 0.4) is 0 Å². The summed E-state index contributed by atoms with van der Waals surface area (Å²) in [5.74, 6) is 0.250. The molecule has 1 fully saturated rings. The molecular formula is C18H34N2O. The summed E-state index contributed by atoms with van der Waals surface area (Å²) in [6.07, 6.45) is 7.67. The van der Waals surface area contributed by atoms with E-state index < -0.39 is 0 Å². The highest BCUT2D eigenvalue weighted by Gasteiger charge is 2.28. The fourth-order valence-corrected chi connectivity index (χ4v) is 2.27. The van der Waals surface area contributed by atoms with Crippen LogP contribution in [0.25, 0.3) is 0 Å². The first kappa shape index (κ1) is 21.9. The van der Waals surface area contributed by atoms with Crippen molar-refractivity contribution in [2.75, 3.05) is 13.1 Å². The molecular weight excluding hydrogens is 260 g/mol. The molecule has 1 unspecified atom stereocenters. The largest absolute Gasteiger partial charge is 0.398 e. The van der Waals surface area contributed by atoms with Gasteiger partial charge in [-0.05, 0) is 44.9 Å². The quantitative estimate of drug-likeness (QED) is 0.778. The monoisotopic (exact) mass is 294 g/mol. The third-order valence-electron chi connectivity index (χ3n) is 3.16. The average molecular weight is 294 g/mol. The van der Waals surface area contributed by atoms with Crippen LogP contribution in [0.2, 0.25) is 0 Å². The van der Waals surface area contributed by atoms with Gasteiger partial charge < -0.3 is 5.73 Å². The van der Waals surface area contributed by atoms with Crippen molar-refractivity contribution in [2.24, 2.45) is 5.73 Å². The summed E-state index contributed by atoms with van der Waals surface area (Å²) in [6, 6.07) is 0.0628. The molecule has 0 radical (unpaired) electrons. The molecule has 1 atom stereocenters. The average Bonchev–Trinajstić information content (AvgIpc) is 2.98. The van der Waals surface area contributed by atoms with Gasteiger partial charge in [0.25, 0.3) is 0 Å². The van der Waals surface area contributed by atoms with E-state index in [2.05, 4.69) is 11.5 Å². The minimum absolute atomic E-state index is 0.0628. The van der Waals surface area contributed by atoms with Gasteiger partial charge in [0, 0.05) is 12.2 Å². The predicted molar refractivity (Wildman–Crippen MR) is 94.2 cm³/mol. The van der Waals surface area contributed by atoms with E-state index in [1.54, 1.807) is 13.0 Å². The van der Waals surface area contributed by atoms with Crippen molar-refractivity contribution in [3.05, 3.63) is 36.1 Å². The van der Waals surface area contributed by atoms with Crippen LogP contribution in [-0.2, 0) is 4.79 Å². The van der Waals surface area contributed by atoms with E-state index in [4.69, 9.17) is 5.73 Å². The van der Waals surface area contributed by atoms with Crippen LogP contribution in [0.15, 0.2) is 36.1 Å². The number of likely N-dealkylation sites (tertiary alicyclic amines) is 1. The first-order chi connectivity index (χ1) is 10.1. The van der Waals surface area contributed by atoms with E-state index in [-0.39, 0.29) is 11.8 Å². The molecule has 3 heteroatoms. The smallest absolute Gasteiger partial charge is 0.146 e. The van der Waals surface area contributed by atoms with E-state index in [1.165, 1.54) is 0 Å². The molecule has 1 heterocycles. The minimum Gasteiger partial charge on any atom is -0.398 e. The zero-order valence-corrected chi connectivity index (χ0v) is 14.8. The lowest BCUT2D eigenvalue weighted by atomic mass is 10.1. The van der Waals surface area contributed by atoms with Crippen molar-refractivity contribution in [3.63, 3.8) is 0 Å². The third kappa shape index (κ3) is 7.86. The summed E-state index contributed by atoms with van der Waals surface area (Å²) in [5.41, 5.74) is 7.63. The van der Waals surface area contributed by atoms with Gasteiger partial charge in [0.05, 0.1) is 6.04 Å². The maximum Gasteiger partial charge on any atom is 0.146 e. The van der Waals surface area contributed by atoms with Gasteiger partial charge in [0.1, 0.15) is 5.78 Å². The second-order valence-corrected chi connectivity index (χ2v) is 4.42. The molecule has 21 heavy (non-hydrogen) atoms. The van der Waals surface area contributed by atoms with Crippen LogP contribution in [0.4, 0.5) is 0 Å². The first-order valence-corrected chi connectivity index (χ1v) is 8.08. The van der Waals surface area contributed by atoms with Crippen LogP contribution < -0.4 is 5.73 Å². The summed E-state index contributed by atoms with van der Waals surface area (Å²) in [5, 5.41) is 0. The summed E-state index contributed by atoms with van der Waals surface area (Å²) in [7, 11) is 0. The number of carbonyl (C=O) groups is 1. The molecule has 1 aliphatic heterocycles. The van der Waals surface area contributed by atoms with Crippen molar-refractivity contribution in [3.8, 4) is 0 Å². The molecule has 0 saturated carbocycles. The number of Topliss-reactive ketones (excluding diaryl/α,β-unsaturated/α-hetero) is 1. The maximum absolute atomic E-state index is 11.5. The van der Waals surface area contributed by atoms with Crippen LogP contribution >= 0.6 is 0 Å². The fourth-order valence-electron chi connectivity index (χ4n) is 2.27. The van der Waals surface area contributed by atoms with Crippen LogP contribution in [0.5, 0.6) is 0 Å². The number of nitrogens with zero attached hydrogens (tertiary/aromatic N) is 1. The van der Waals surface area contributed by atoms with Gasteiger partial charge in [-0.2, -0.15) is 0 Å². The van der Waals surface area contributed by atoms with E-state index >= 15 is 0 Å². The number of hydrogen-bond donors (Lipinski definition) is 1. The number of ketones is 1. The summed E-state index contributed by atoms with van der Waals surface area (Å²) in [4.78, 5) is 13.7. The minimum atomic E-state index is 0.0628. The Kier molecular flexibility index (Phi) is 14.2. The summed E-state index contributed by atoms with van der Waals surface area (Å²) < 4.78 is 0. The Labute approximate surface area is 131 Å². The summed E-state index contributed by atoms with van der Waals surface area (Å²) >= 11 is 0. The highest BCUT2D eigenvalue weighted by atomic mass is 16.1. The van der Waals surface area contributed by atoms with E-state index in [9.17, 15) is 4.79 Å². The van der Waals surface area contributed by atoms with Crippen LogP contribution in [-0.4, -0.2) is 29.8 Å². The number of carbonyl (C=O) groups excluding carboxylic acids is 1. The molecule has 1 rings (SSSR count). The molecule has 0 aliphatic carbocycles. The Morgan fingerprint density at radius 3 is 2.33 bits per heavy atom. The topological polar surface area (TPSA) is 46.3 Å². The molecule has 0 bridgehead atoms. The number of rotatable bonds is 5. The lowest BCUT2D eigenvalue weighted by Crippen LogP contribution is -2.36. The van der Waals surface area contributed by atoms with Crippen molar-refractivity contribution in [2.45, 2.75) is 60.4 Å². The number of allylic oxidation sites excluding steroid dienone is 2. The van der Waals surface area contributed by atoms with Crippen molar-refractivity contribution < 1.29 is 4.79 Å². The molecule has 122 valence electrons. The van der Waals surface area contributed by atoms with Gasteiger partial charge >= 0.3 is 0 Å². The lowest BCUT2D eigenvalue weighted by Gasteiger charge is -2.23. The lowest BCUT2D eigenvalue weighted by molar-refractivity contribution is -0.121.